The third kappa shape index (κ3) is 4.26. The van der Waals surface area contributed by atoms with Crippen LogP contribution in [-0.2, 0) is 18.4 Å². The summed E-state index contributed by atoms with van der Waals surface area (Å²) in [5.74, 6) is -1.26. The van der Waals surface area contributed by atoms with Gasteiger partial charge in [0.05, 0.1) is 5.69 Å². The molecular weight excluding hydrogens is 224 g/mol. The van der Waals surface area contributed by atoms with Crippen molar-refractivity contribution >= 4 is 5.97 Å². The molecule has 0 fully saturated rings. The Morgan fingerprint density at radius 3 is 2.62 bits per heavy atom. The molecule has 0 saturated carbocycles. The minimum atomic E-state index is -4.75. The van der Waals surface area contributed by atoms with Crippen LogP contribution in [0.15, 0.2) is 6.07 Å². The van der Waals surface area contributed by atoms with Crippen LogP contribution >= 0.6 is 0 Å². The number of carboxylic acid groups (broad SMARTS) is 1. The van der Waals surface area contributed by atoms with E-state index in [0.717, 1.165) is 10.7 Å². The second-order valence-electron chi connectivity index (χ2n) is 2.68. The first kappa shape index (κ1) is 15.0. The van der Waals surface area contributed by atoms with E-state index in [9.17, 15) is 18.0 Å². The molecule has 0 atom stereocenters. The van der Waals surface area contributed by atoms with Gasteiger partial charge in [-0.05, 0) is 6.07 Å². The molecular formula is C7H8F3LiN2O3. The minimum Gasteiger partial charge on any atom is -1.00 e. The summed E-state index contributed by atoms with van der Waals surface area (Å²) >= 11 is 0. The number of hydrogen-bond donors (Lipinski definition) is 1. The van der Waals surface area contributed by atoms with Gasteiger partial charge in [0.25, 0.3) is 0 Å². The zero-order chi connectivity index (χ0) is 11.6. The van der Waals surface area contributed by atoms with E-state index in [0.29, 0.717) is 0 Å². The number of ether oxygens (including phenoxy) is 1. The molecule has 0 aliphatic heterocycles. The van der Waals surface area contributed by atoms with Gasteiger partial charge in [0.1, 0.15) is 12.3 Å². The Morgan fingerprint density at radius 1 is 1.69 bits per heavy atom. The van der Waals surface area contributed by atoms with Crippen LogP contribution < -0.4 is 18.9 Å². The zero-order valence-electron chi connectivity index (χ0n) is 9.58. The van der Waals surface area contributed by atoms with Gasteiger partial charge < -0.3 is 6.53 Å². The smallest absolute Gasteiger partial charge is 1.00 e. The van der Waals surface area contributed by atoms with Crippen molar-refractivity contribution in [3.63, 3.8) is 0 Å². The van der Waals surface area contributed by atoms with Crippen molar-refractivity contribution in [1.82, 2.24) is 9.78 Å². The second kappa shape index (κ2) is 5.38. The Hall–Kier alpha value is -0.973. The van der Waals surface area contributed by atoms with Gasteiger partial charge in [-0.2, -0.15) is 5.10 Å². The topological polar surface area (TPSA) is 64.4 Å². The Morgan fingerprint density at radius 2 is 2.25 bits per heavy atom. The molecule has 0 bridgehead atoms. The van der Waals surface area contributed by atoms with E-state index in [-0.39, 0.29) is 31.7 Å². The predicted molar refractivity (Wildman–Crippen MR) is 42.1 cm³/mol. The number of aromatic nitrogens is 2. The molecule has 0 radical (unpaired) electrons. The van der Waals surface area contributed by atoms with Crippen molar-refractivity contribution < 1.29 is 48.1 Å². The quantitative estimate of drug-likeness (QED) is 0.629. The van der Waals surface area contributed by atoms with Crippen LogP contribution in [0, 0.1) is 0 Å². The summed E-state index contributed by atoms with van der Waals surface area (Å²) in [6.45, 7) is -0.801. The third-order valence-corrected chi connectivity index (χ3v) is 1.53. The average Bonchev–Trinajstić information content (AvgIpc) is 2.42. The van der Waals surface area contributed by atoms with Crippen LogP contribution in [0.2, 0.25) is 0 Å². The molecule has 1 N–H and O–H groups in total. The number of rotatable bonds is 3. The summed E-state index contributed by atoms with van der Waals surface area (Å²) in [5.41, 5.74) is -0.289. The van der Waals surface area contributed by atoms with Crippen LogP contribution in [0.1, 0.15) is 17.6 Å². The largest absolute Gasteiger partial charge is 1.00 e. The first-order valence-electron chi connectivity index (χ1n) is 3.76. The second-order valence-corrected chi connectivity index (χ2v) is 2.68. The van der Waals surface area contributed by atoms with Crippen molar-refractivity contribution in [2.24, 2.45) is 7.05 Å². The van der Waals surface area contributed by atoms with Crippen molar-refractivity contribution in [1.29, 1.82) is 0 Å². The van der Waals surface area contributed by atoms with Gasteiger partial charge in [0.15, 0.2) is 0 Å². The number of hydrogen-bond acceptors (Lipinski definition) is 3. The molecule has 16 heavy (non-hydrogen) atoms. The summed E-state index contributed by atoms with van der Waals surface area (Å²) in [5, 5.41) is 12.1. The molecule has 5 nitrogen and oxygen atoms in total. The minimum absolute atomic E-state index is 0. The molecule has 0 aliphatic carbocycles. The average molecular weight is 232 g/mol. The Bertz CT molecular complexity index is 383. The molecule has 1 heterocycles. The van der Waals surface area contributed by atoms with E-state index in [2.05, 4.69) is 9.84 Å². The van der Waals surface area contributed by atoms with Crippen LogP contribution in [-0.4, -0.2) is 27.2 Å². The summed E-state index contributed by atoms with van der Waals surface area (Å²) in [4.78, 5) is 10.5. The van der Waals surface area contributed by atoms with Crippen LogP contribution in [0.4, 0.5) is 13.2 Å². The van der Waals surface area contributed by atoms with Crippen molar-refractivity contribution in [3.8, 4) is 0 Å². The van der Waals surface area contributed by atoms with Gasteiger partial charge >= 0.3 is 31.2 Å². The molecule has 0 saturated heterocycles. The fourth-order valence-corrected chi connectivity index (χ4v) is 0.953. The normalized spacial score (nSPS) is 11.0. The number of aryl methyl sites for hydroxylation is 1. The number of carbonyl (C=O) groups is 1. The van der Waals surface area contributed by atoms with Crippen LogP contribution in [0.5, 0.6) is 0 Å². The van der Waals surface area contributed by atoms with E-state index < -0.39 is 18.9 Å². The van der Waals surface area contributed by atoms with Gasteiger partial charge in [-0.15, -0.1) is 13.2 Å². The maximum Gasteiger partial charge on any atom is 1.00 e. The molecule has 0 aromatic carbocycles. The fraction of sp³-hybridized carbons (Fsp3) is 0.429. The SMILES string of the molecule is Cn1nc(COC(F)(F)F)cc1C(=O)O.[H-].[Li+]. The molecule has 0 spiro atoms. The summed E-state index contributed by atoms with van der Waals surface area (Å²) in [6, 6.07) is 1.02. The molecule has 0 amide bonds. The monoisotopic (exact) mass is 232 g/mol. The first-order valence-corrected chi connectivity index (χ1v) is 3.76. The van der Waals surface area contributed by atoms with Gasteiger partial charge in [-0.3, -0.25) is 9.42 Å². The van der Waals surface area contributed by atoms with E-state index >= 15 is 0 Å². The van der Waals surface area contributed by atoms with Crippen LogP contribution in [0.3, 0.4) is 0 Å². The van der Waals surface area contributed by atoms with Gasteiger partial charge in [0, 0.05) is 7.05 Å². The van der Waals surface area contributed by atoms with Gasteiger partial charge in [-0.1, -0.05) is 0 Å². The Labute approximate surface area is 102 Å². The Balaban J connectivity index is 0. The standard InChI is InChI=1S/C7H7F3N2O3.Li.H/c1-12-5(6(13)14)2-4(11-12)3-15-7(8,9)10;;/h2H,3H2,1H3,(H,13,14);;/q;+1;-1. The molecule has 1 rings (SSSR count). The number of nitrogens with zero attached hydrogens (tertiary/aromatic N) is 2. The van der Waals surface area contributed by atoms with E-state index in [1.807, 2.05) is 0 Å². The van der Waals surface area contributed by atoms with Crippen molar-refractivity contribution in [2.45, 2.75) is 13.0 Å². The van der Waals surface area contributed by atoms with Gasteiger partial charge in [0.2, 0.25) is 0 Å². The number of aromatic carboxylic acids is 1. The van der Waals surface area contributed by atoms with E-state index in [1.165, 1.54) is 7.05 Å². The first-order chi connectivity index (χ1) is 6.79. The van der Waals surface area contributed by atoms with E-state index in [4.69, 9.17) is 5.11 Å². The Kier molecular flexibility index (Phi) is 5.06. The summed E-state index contributed by atoms with van der Waals surface area (Å²) < 4.78 is 39.4. The molecule has 0 unspecified atom stereocenters. The fourth-order valence-electron chi connectivity index (χ4n) is 0.953. The maximum absolute atomic E-state index is 11.6. The third-order valence-electron chi connectivity index (χ3n) is 1.53. The molecule has 1 aromatic rings. The summed E-state index contributed by atoms with van der Waals surface area (Å²) in [7, 11) is 1.32. The molecule has 0 aliphatic rings. The van der Waals surface area contributed by atoms with E-state index in [1.54, 1.807) is 0 Å². The number of halogens is 3. The maximum atomic E-state index is 11.6. The molecule has 86 valence electrons. The number of alkyl halides is 3. The number of carboxylic acids is 1. The van der Waals surface area contributed by atoms with Crippen molar-refractivity contribution in [2.75, 3.05) is 0 Å². The predicted octanol–water partition coefficient (Wildman–Crippen LogP) is -1.73. The summed E-state index contributed by atoms with van der Waals surface area (Å²) in [6.07, 6.45) is -4.75. The molecule has 1 aromatic heterocycles. The molecule has 9 heteroatoms. The van der Waals surface area contributed by atoms with Gasteiger partial charge in [-0.25, -0.2) is 4.79 Å². The van der Waals surface area contributed by atoms with Crippen LogP contribution in [0.25, 0.3) is 0 Å². The van der Waals surface area contributed by atoms with Crippen molar-refractivity contribution in [3.05, 3.63) is 17.5 Å². The zero-order valence-corrected chi connectivity index (χ0v) is 8.58.